The van der Waals surface area contributed by atoms with E-state index in [1.54, 1.807) is 6.08 Å². The van der Waals surface area contributed by atoms with Crippen molar-refractivity contribution in [2.24, 2.45) is 5.92 Å². The highest BCUT2D eigenvalue weighted by atomic mass is 16.5. The SMILES string of the molecule is CC/C=C\C[C@H](O)C/C=C1/C(=O)C=C[C@@H]1CC#CCCCC(=O)OC. The highest BCUT2D eigenvalue weighted by Gasteiger charge is 2.22. The summed E-state index contributed by atoms with van der Waals surface area (Å²) in [6.45, 7) is 2.05. The molecular weight excluding hydrogens is 316 g/mol. The number of aliphatic hydroxyl groups is 1. The van der Waals surface area contributed by atoms with Gasteiger partial charge in [0.2, 0.25) is 0 Å². The number of unbranched alkanes of at least 4 members (excludes halogenated alkanes) is 1. The van der Waals surface area contributed by atoms with Crippen molar-refractivity contribution in [2.75, 3.05) is 7.11 Å². The van der Waals surface area contributed by atoms with Gasteiger partial charge in [-0.3, -0.25) is 9.59 Å². The van der Waals surface area contributed by atoms with Crippen molar-refractivity contribution in [2.45, 2.75) is 58.0 Å². The summed E-state index contributed by atoms with van der Waals surface area (Å²) in [4.78, 5) is 22.9. The van der Waals surface area contributed by atoms with Crippen molar-refractivity contribution < 1.29 is 19.4 Å². The zero-order valence-corrected chi connectivity index (χ0v) is 15.2. The number of aliphatic hydroxyl groups excluding tert-OH is 1. The van der Waals surface area contributed by atoms with Crippen molar-refractivity contribution in [3.05, 3.63) is 36.0 Å². The lowest BCUT2D eigenvalue weighted by Crippen LogP contribution is -2.07. The number of ketones is 1. The molecular formula is C21H28O4. The number of allylic oxidation sites excluding steroid dienone is 4. The molecule has 0 saturated carbocycles. The molecule has 136 valence electrons. The number of esters is 1. The van der Waals surface area contributed by atoms with Crippen LogP contribution in [0.15, 0.2) is 36.0 Å². The van der Waals surface area contributed by atoms with Gasteiger partial charge in [-0.2, -0.15) is 0 Å². The molecule has 0 fully saturated rings. The predicted molar refractivity (Wildman–Crippen MR) is 98.7 cm³/mol. The minimum absolute atomic E-state index is 0.000934. The average molecular weight is 344 g/mol. The van der Waals surface area contributed by atoms with Crippen LogP contribution in [0.25, 0.3) is 0 Å². The smallest absolute Gasteiger partial charge is 0.305 e. The number of ether oxygens (including phenoxy) is 1. The number of carbonyl (C=O) groups excluding carboxylic acids is 2. The van der Waals surface area contributed by atoms with Crippen LogP contribution in [0.2, 0.25) is 0 Å². The van der Waals surface area contributed by atoms with Gasteiger partial charge >= 0.3 is 5.97 Å². The lowest BCUT2D eigenvalue weighted by atomic mass is 9.96. The molecule has 0 radical (unpaired) electrons. The van der Waals surface area contributed by atoms with E-state index in [0.717, 1.165) is 12.0 Å². The first-order valence-electron chi connectivity index (χ1n) is 8.86. The van der Waals surface area contributed by atoms with Crippen molar-refractivity contribution in [1.29, 1.82) is 0 Å². The first-order valence-corrected chi connectivity index (χ1v) is 8.86. The lowest BCUT2D eigenvalue weighted by molar-refractivity contribution is -0.140. The van der Waals surface area contributed by atoms with Gasteiger partial charge in [0.05, 0.1) is 13.2 Å². The summed E-state index contributed by atoms with van der Waals surface area (Å²) in [6.07, 6.45) is 13.1. The Kier molecular flexibility index (Phi) is 10.3. The number of hydrogen-bond donors (Lipinski definition) is 1. The van der Waals surface area contributed by atoms with E-state index in [2.05, 4.69) is 23.5 Å². The number of methoxy groups -OCH3 is 1. The van der Waals surface area contributed by atoms with Gasteiger partial charge < -0.3 is 9.84 Å². The first kappa shape index (κ1) is 20.9. The Balaban J connectivity index is 2.44. The zero-order valence-electron chi connectivity index (χ0n) is 15.2. The summed E-state index contributed by atoms with van der Waals surface area (Å²) in [5, 5.41) is 9.95. The number of hydrogen-bond acceptors (Lipinski definition) is 4. The molecule has 1 rings (SSSR count). The van der Waals surface area contributed by atoms with Gasteiger partial charge in [0.1, 0.15) is 0 Å². The first-order chi connectivity index (χ1) is 12.1. The van der Waals surface area contributed by atoms with Gasteiger partial charge in [-0.1, -0.05) is 31.2 Å². The summed E-state index contributed by atoms with van der Waals surface area (Å²) >= 11 is 0. The van der Waals surface area contributed by atoms with Crippen LogP contribution in [-0.2, 0) is 14.3 Å². The fourth-order valence-corrected chi connectivity index (χ4v) is 2.49. The Morgan fingerprint density at radius 1 is 1.36 bits per heavy atom. The lowest BCUT2D eigenvalue weighted by Gasteiger charge is -2.09. The van der Waals surface area contributed by atoms with Crippen LogP contribution in [0, 0.1) is 17.8 Å². The predicted octanol–water partition coefficient (Wildman–Crippen LogP) is 3.51. The molecule has 0 heterocycles. The van der Waals surface area contributed by atoms with Gasteiger partial charge in [0, 0.05) is 30.8 Å². The van der Waals surface area contributed by atoms with Crippen LogP contribution in [0.3, 0.4) is 0 Å². The molecule has 4 heteroatoms. The minimum Gasteiger partial charge on any atom is -0.469 e. The van der Waals surface area contributed by atoms with Crippen LogP contribution in [0.5, 0.6) is 0 Å². The van der Waals surface area contributed by atoms with E-state index >= 15 is 0 Å². The van der Waals surface area contributed by atoms with Gasteiger partial charge in [-0.25, -0.2) is 0 Å². The van der Waals surface area contributed by atoms with Gasteiger partial charge in [0.25, 0.3) is 0 Å². The quantitative estimate of drug-likeness (QED) is 0.229. The van der Waals surface area contributed by atoms with Crippen molar-refractivity contribution in [3.63, 3.8) is 0 Å². The monoisotopic (exact) mass is 344 g/mol. The Hall–Kier alpha value is -2.12. The van der Waals surface area contributed by atoms with Crippen molar-refractivity contribution in [1.82, 2.24) is 0 Å². The van der Waals surface area contributed by atoms with E-state index in [-0.39, 0.29) is 17.7 Å². The summed E-state index contributed by atoms with van der Waals surface area (Å²) in [7, 11) is 1.38. The molecule has 1 N–H and O–H groups in total. The molecule has 0 spiro atoms. The normalized spacial score (nSPS) is 19.2. The molecule has 0 aromatic rings. The maximum Gasteiger partial charge on any atom is 0.305 e. The van der Waals surface area contributed by atoms with Crippen LogP contribution in [0.1, 0.15) is 51.9 Å². The summed E-state index contributed by atoms with van der Waals surface area (Å²) in [5.74, 6) is 5.91. The maximum absolute atomic E-state index is 12.0. The fourth-order valence-electron chi connectivity index (χ4n) is 2.49. The van der Waals surface area contributed by atoms with Crippen molar-refractivity contribution >= 4 is 11.8 Å². The fraction of sp³-hybridized carbons (Fsp3) is 0.524. The third-order valence-electron chi connectivity index (χ3n) is 3.94. The number of rotatable bonds is 9. The third-order valence-corrected chi connectivity index (χ3v) is 3.94. The standard InChI is InChI=1S/C21H28O4/c1-3-4-7-11-18(22)14-15-19-17(13-16-20(19)23)10-8-5-6-9-12-21(24)25-2/h4,7,13,15-18,22H,3,6,9-12,14H2,1-2H3/b7-4-,19-15+/t17-,18-/m0/s1. The van der Waals surface area contributed by atoms with Gasteiger partial charge in [-0.15, -0.1) is 11.8 Å². The molecule has 0 amide bonds. The van der Waals surface area contributed by atoms with E-state index in [4.69, 9.17) is 0 Å². The second kappa shape index (κ2) is 12.3. The highest BCUT2D eigenvalue weighted by molar-refractivity contribution is 6.07. The summed E-state index contributed by atoms with van der Waals surface area (Å²) in [5.41, 5.74) is 0.724. The highest BCUT2D eigenvalue weighted by Crippen LogP contribution is 2.25. The van der Waals surface area contributed by atoms with Crippen LogP contribution < -0.4 is 0 Å². The summed E-state index contributed by atoms with van der Waals surface area (Å²) in [6, 6.07) is 0. The Morgan fingerprint density at radius 3 is 2.88 bits per heavy atom. The van der Waals surface area contributed by atoms with Crippen LogP contribution >= 0.6 is 0 Å². The zero-order chi connectivity index (χ0) is 18.5. The Morgan fingerprint density at radius 2 is 2.16 bits per heavy atom. The van der Waals surface area contributed by atoms with E-state index in [1.807, 2.05) is 24.3 Å². The Bertz CT molecular complexity index is 587. The topological polar surface area (TPSA) is 63.6 Å². The van der Waals surface area contributed by atoms with Crippen molar-refractivity contribution in [3.8, 4) is 11.8 Å². The molecule has 0 bridgehead atoms. The molecule has 2 atom stereocenters. The van der Waals surface area contributed by atoms with E-state index in [9.17, 15) is 14.7 Å². The number of carbonyl (C=O) groups is 2. The molecule has 4 nitrogen and oxygen atoms in total. The second-order valence-electron chi connectivity index (χ2n) is 5.98. The molecule has 0 aromatic carbocycles. The third kappa shape index (κ3) is 8.51. The maximum atomic E-state index is 12.0. The van der Waals surface area contributed by atoms with Crippen LogP contribution in [0.4, 0.5) is 0 Å². The van der Waals surface area contributed by atoms with E-state index < -0.39 is 6.10 Å². The average Bonchev–Trinajstić information content (AvgIpc) is 2.96. The molecule has 1 aliphatic rings. The second-order valence-corrected chi connectivity index (χ2v) is 5.98. The van der Waals surface area contributed by atoms with Crippen LogP contribution in [-0.4, -0.2) is 30.1 Å². The largest absolute Gasteiger partial charge is 0.469 e. The molecule has 0 aliphatic heterocycles. The molecule has 0 aromatic heterocycles. The Labute approximate surface area is 150 Å². The molecule has 0 unspecified atom stereocenters. The van der Waals surface area contributed by atoms with Gasteiger partial charge in [0.15, 0.2) is 5.78 Å². The molecule has 0 saturated heterocycles. The molecule has 1 aliphatic carbocycles. The molecule has 25 heavy (non-hydrogen) atoms. The van der Waals surface area contributed by atoms with E-state index in [0.29, 0.717) is 38.5 Å². The summed E-state index contributed by atoms with van der Waals surface area (Å²) < 4.78 is 4.58. The van der Waals surface area contributed by atoms with Gasteiger partial charge in [-0.05, 0) is 31.8 Å². The van der Waals surface area contributed by atoms with E-state index in [1.165, 1.54) is 7.11 Å². The minimum atomic E-state index is -0.464.